The van der Waals surface area contributed by atoms with Gasteiger partial charge in [0.25, 0.3) is 5.92 Å². The van der Waals surface area contributed by atoms with E-state index in [1.165, 1.54) is 0 Å². The summed E-state index contributed by atoms with van der Waals surface area (Å²) in [5.41, 5.74) is 4.72. The number of halogens is 2. The average molecular weight is 754 g/mol. The molecule has 290 valence electrons. The number of aromatic amines is 2. The number of imide groups is 1. The van der Waals surface area contributed by atoms with E-state index in [0.29, 0.717) is 37.3 Å². The Balaban J connectivity index is 0.752. The molecule has 12 nitrogen and oxygen atoms in total. The fraction of sp³-hybridized carbons (Fsp3) is 0.537. The predicted octanol–water partition coefficient (Wildman–Crippen LogP) is 4.73. The van der Waals surface area contributed by atoms with E-state index in [-0.39, 0.29) is 29.7 Å². The second kappa shape index (κ2) is 13.5. The third-order valence-electron chi connectivity index (χ3n) is 13.5. The number of amides is 3. The number of pyridine rings is 1. The number of hydrogen-bond donors (Lipinski definition) is 3. The van der Waals surface area contributed by atoms with Crippen molar-refractivity contribution in [2.45, 2.75) is 70.3 Å². The number of alkyl halides is 2. The first-order valence-electron chi connectivity index (χ1n) is 19.8. The van der Waals surface area contributed by atoms with Crippen LogP contribution in [0.2, 0.25) is 0 Å². The van der Waals surface area contributed by atoms with Crippen LogP contribution in [0.4, 0.5) is 20.3 Å². The van der Waals surface area contributed by atoms with E-state index in [1.807, 2.05) is 50.4 Å². The number of piperazine rings is 1. The zero-order chi connectivity index (χ0) is 38.2. The minimum absolute atomic E-state index is 0.0421. The molecule has 1 aromatic carbocycles. The van der Waals surface area contributed by atoms with Crippen molar-refractivity contribution in [3.8, 4) is 11.4 Å². The molecule has 3 saturated heterocycles. The van der Waals surface area contributed by atoms with Crippen molar-refractivity contribution in [3.63, 3.8) is 0 Å². The fourth-order valence-electron chi connectivity index (χ4n) is 9.69. The first-order valence-corrected chi connectivity index (χ1v) is 19.8. The van der Waals surface area contributed by atoms with E-state index in [4.69, 9.17) is 0 Å². The van der Waals surface area contributed by atoms with Crippen molar-refractivity contribution in [1.82, 2.24) is 35.3 Å². The lowest BCUT2D eigenvalue weighted by molar-refractivity contribution is -0.134. The highest BCUT2D eigenvalue weighted by atomic mass is 19.3. The lowest BCUT2D eigenvalue weighted by Crippen LogP contribution is -2.55. The van der Waals surface area contributed by atoms with Gasteiger partial charge < -0.3 is 19.7 Å². The van der Waals surface area contributed by atoms with Crippen LogP contribution in [0.5, 0.6) is 0 Å². The highest BCUT2D eigenvalue weighted by Gasteiger charge is 2.78. The van der Waals surface area contributed by atoms with Gasteiger partial charge in [0.05, 0.1) is 17.7 Å². The number of likely N-dealkylation sites (N-methyl/N-ethyl adjacent to an activating group) is 1. The van der Waals surface area contributed by atoms with Crippen LogP contribution in [-0.4, -0.2) is 113 Å². The standard InChI is InChI=1S/C41H49F2N9O3/c1-24(39(55)49(3)28-6-4-26-18-32(45-31(26)19-28)37-30-20-34-40(2,41(34,42)43)21-33(30)47-48-37)51-16-14-50(15-17-51)23-25-10-12-52(13-11-25)35-8-5-27(22-44-35)29-7-9-36(53)46-38(29)54/h4-6,8,18-19,22,24-25,29,34,45H,7,9-17,20-21,23H2,1-3H3,(H,47,48)(H,46,53,54)/t24?,29?,34-,40+/m0/s1. The van der Waals surface area contributed by atoms with Gasteiger partial charge in [0.2, 0.25) is 17.7 Å². The van der Waals surface area contributed by atoms with Gasteiger partial charge in [-0.05, 0) is 68.4 Å². The zero-order valence-electron chi connectivity index (χ0n) is 31.7. The van der Waals surface area contributed by atoms with Crippen molar-refractivity contribution in [3.05, 3.63) is 59.4 Å². The van der Waals surface area contributed by atoms with Crippen molar-refractivity contribution < 1.29 is 23.2 Å². The SMILES string of the molecule is CC(C(=O)N(C)c1ccc2cc(-c3n[nH]c4c3C[C@@H]3C(F)(F)[C@]3(C)C4)[nH]c2c1)N1CCN(CC2CCN(c3ccc(C4CCC(=O)NC4=O)cn3)CC2)CC1. The summed E-state index contributed by atoms with van der Waals surface area (Å²) in [6.45, 7) is 10.1. The first kappa shape index (κ1) is 36.0. The summed E-state index contributed by atoms with van der Waals surface area (Å²) in [6.07, 6.45) is 5.47. The third-order valence-corrected chi connectivity index (χ3v) is 13.5. The zero-order valence-corrected chi connectivity index (χ0v) is 31.7. The average Bonchev–Trinajstić information content (AvgIpc) is 3.57. The van der Waals surface area contributed by atoms with Crippen LogP contribution in [0.3, 0.4) is 0 Å². The topological polar surface area (TPSA) is 134 Å². The second-order valence-electron chi connectivity index (χ2n) is 16.8. The molecule has 14 heteroatoms. The Hall–Kier alpha value is -4.69. The number of anilines is 2. The Morgan fingerprint density at radius 3 is 2.55 bits per heavy atom. The molecule has 4 atom stereocenters. The first-order chi connectivity index (χ1) is 26.4. The highest BCUT2D eigenvalue weighted by Crippen LogP contribution is 2.70. The second-order valence-corrected chi connectivity index (χ2v) is 16.8. The summed E-state index contributed by atoms with van der Waals surface area (Å²) in [4.78, 5) is 54.5. The molecule has 3 amide bonds. The molecule has 4 aromatic rings. The number of piperidine rings is 2. The van der Waals surface area contributed by atoms with Crippen LogP contribution in [0.25, 0.3) is 22.3 Å². The van der Waals surface area contributed by atoms with E-state index in [9.17, 15) is 23.2 Å². The third kappa shape index (κ3) is 6.30. The molecule has 2 unspecified atom stereocenters. The summed E-state index contributed by atoms with van der Waals surface area (Å²) >= 11 is 0. The Morgan fingerprint density at radius 2 is 1.82 bits per heavy atom. The van der Waals surface area contributed by atoms with Crippen LogP contribution < -0.4 is 15.1 Å². The van der Waals surface area contributed by atoms with Gasteiger partial charge in [-0.25, -0.2) is 13.8 Å². The number of hydrogen-bond acceptors (Lipinski definition) is 8. The molecule has 1 saturated carbocycles. The van der Waals surface area contributed by atoms with E-state index in [1.54, 1.807) is 18.0 Å². The molecule has 0 spiro atoms. The summed E-state index contributed by atoms with van der Waals surface area (Å²) in [6, 6.07) is 11.6. The summed E-state index contributed by atoms with van der Waals surface area (Å²) in [7, 11) is 1.83. The number of fused-ring (bicyclic) bond motifs is 3. The van der Waals surface area contributed by atoms with Crippen LogP contribution in [0.15, 0.2) is 42.6 Å². The fourth-order valence-corrected chi connectivity index (χ4v) is 9.69. The van der Waals surface area contributed by atoms with Crippen LogP contribution >= 0.6 is 0 Å². The molecule has 0 bridgehead atoms. The smallest absolute Gasteiger partial charge is 0.258 e. The molecular formula is C41H49F2N9O3. The summed E-state index contributed by atoms with van der Waals surface area (Å²) in [5, 5.41) is 11.0. The molecule has 6 heterocycles. The van der Waals surface area contributed by atoms with Crippen LogP contribution in [0, 0.1) is 17.3 Å². The summed E-state index contributed by atoms with van der Waals surface area (Å²) in [5.74, 6) is -2.46. The lowest BCUT2D eigenvalue weighted by Gasteiger charge is -2.41. The number of benzene rings is 1. The number of rotatable bonds is 8. The number of carbonyl (C=O) groups is 3. The van der Waals surface area contributed by atoms with Gasteiger partial charge in [-0.3, -0.25) is 29.7 Å². The molecule has 55 heavy (non-hydrogen) atoms. The monoisotopic (exact) mass is 753 g/mol. The largest absolute Gasteiger partial charge is 0.357 e. The van der Waals surface area contributed by atoms with Crippen molar-refractivity contribution in [1.29, 1.82) is 0 Å². The van der Waals surface area contributed by atoms with Crippen molar-refractivity contribution >= 4 is 40.1 Å². The van der Waals surface area contributed by atoms with Gasteiger partial charge >= 0.3 is 0 Å². The van der Waals surface area contributed by atoms with Gasteiger partial charge in [-0.15, -0.1) is 0 Å². The van der Waals surface area contributed by atoms with Gasteiger partial charge in [0.1, 0.15) is 11.5 Å². The van der Waals surface area contributed by atoms with Gasteiger partial charge in [0.15, 0.2) is 0 Å². The highest BCUT2D eigenvalue weighted by molar-refractivity contribution is 6.01. The number of carbonyl (C=O) groups excluding carboxylic acids is 3. The molecule has 9 rings (SSSR count). The quantitative estimate of drug-likeness (QED) is 0.220. The molecule has 3 N–H and O–H groups in total. The number of nitrogens with one attached hydrogen (secondary N) is 3. The predicted molar refractivity (Wildman–Crippen MR) is 205 cm³/mol. The summed E-state index contributed by atoms with van der Waals surface area (Å²) < 4.78 is 29.0. The molecule has 3 aromatic heterocycles. The van der Waals surface area contributed by atoms with Crippen molar-refractivity contribution in [2.24, 2.45) is 17.3 Å². The van der Waals surface area contributed by atoms with E-state index in [2.05, 4.69) is 40.2 Å². The molecule has 3 aliphatic heterocycles. The Labute approximate surface area is 319 Å². The molecule has 4 fully saturated rings. The Morgan fingerprint density at radius 1 is 1.04 bits per heavy atom. The number of nitrogens with zero attached hydrogens (tertiary/aromatic N) is 6. The normalized spacial score (nSPS) is 26.4. The maximum Gasteiger partial charge on any atom is 0.258 e. The number of aromatic nitrogens is 4. The van der Waals surface area contributed by atoms with E-state index in [0.717, 1.165) is 104 Å². The maximum atomic E-state index is 14.5. The molecule has 0 radical (unpaired) electrons. The van der Waals surface area contributed by atoms with Crippen LogP contribution in [-0.2, 0) is 27.2 Å². The van der Waals surface area contributed by atoms with Crippen LogP contribution in [0.1, 0.15) is 62.3 Å². The minimum Gasteiger partial charge on any atom is -0.357 e. The Bertz CT molecular complexity index is 2130. The lowest BCUT2D eigenvalue weighted by atomic mass is 9.87. The van der Waals surface area contributed by atoms with Gasteiger partial charge in [-0.2, -0.15) is 5.10 Å². The molecular weight excluding hydrogens is 705 g/mol. The van der Waals surface area contributed by atoms with Crippen molar-refractivity contribution in [2.75, 3.05) is 62.7 Å². The number of H-pyrrole nitrogens is 2. The minimum atomic E-state index is -2.64. The Kier molecular flexibility index (Phi) is 8.83. The van der Waals surface area contributed by atoms with Gasteiger partial charge in [0, 0.05) is 111 Å². The van der Waals surface area contributed by atoms with Gasteiger partial charge in [-0.1, -0.05) is 19.1 Å². The van der Waals surface area contributed by atoms with E-state index >= 15 is 0 Å². The molecule has 5 aliphatic rings. The van der Waals surface area contributed by atoms with E-state index < -0.39 is 17.3 Å². The molecule has 2 aliphatic carbocycles. The maximum absolute atomic E-state index is 14.5.